The molecule has 0 aromatic rings. The van der Waals surface area contributed by atoms with E-state index in [2.05, 4.69) is 0 Å². The molecule has 2 bridgehead atoms. The summed E-state index contributed by atoms with van der Waals surface area (Å²) in [7, 11) is 0. The molecule has 3 rings (SSSR count). The number of ether oxygens (including phenoxy) is 4. The first kappa shape index (κ1) is 53.9. The van der Waals surface area contributed by atoms with Crippen molar-refractivity contribution < 1.29 is 79.6 Å². The first-order chi connectivity index (χ1) is 29.8. The Kier molecular flexibility index (Phi) is 23.2. The van der Waals surface area contributed by atoms with Gasteiger partial charge in [-0.15, -0.1) is 0 Å². The molecule has 0 aliphatic carbocycles. The molecule has 2 saturated heterocycles. The molecule has 0 amide bonds. The fourth-order valence-electron chi connectivity index (χ4n) is 7.53. The molecular weight excluding hydrogens is 824 g/mol. The number of aliphatic carboxylic acids is 1. The second-order valence-corrected chi connectivity index (χ2v) is 16.7. The predicted octanol–water partition coefficient (Wildman–Crippen LogP) is 0.391. The maximum Gasteiger partial charge on any atom is 0.311 e. The van der Waals surface area contributed by atoms with Gasteiger partial charge in [-0.05, 0) is 39.0 Å². The Morgan fingerprint density at radius 2 is 1.22 bits per heavy atom. The zero-order valence-electron chi connectivity index (χ0n) is 36.0. The Hall–Kier alpha value is -3.44. The first-order valence-corrected chi connectivity index (χ1v) is 21.6. The number of carboxylic acids is 1. The fourth-order valence-corrected chi connectivity index (χ4v) is 7.53. The highest BCUT2D eigenvalue weighted by atomic mass is 16.7. The van der Waals surface area contributed by atoms with Crippen molar-refractivity contribution in [3.05, 3.63) is 85.1 Å². The molecule has 12 unspecified atom stereocenters. The summed E-state index contributed by atoms with van der Waals surface area (Å²) < 4.78 is 22.8. The van der Waals surface area contributed by atoms with Gasteiger partial charge in [-0.25, -0.2) is 0 Å². The number of rotatable bonds is 3. The van der Waals surface area contributed by atoms with Crippen LogP contribution in [0.3, 0.4) is 0 Å². The van der Waals surface area contributed by atoms with E-state index < -0.39 is 122 Å². The second-order valence-electron chi connectivity index (χ2n) is 16.7. The number of aliphatic hydroxyl groups excluding tert-OH is 8. The third-order valence-electron chi connectivity index (χ3n) is 11.1. The lowest BCUT2D eigenvalue weighted by Gasteiger charge is -2.45. The van der Waals surface area contributed by atoms with Gasteiger partial charge in [0.05, 0.1) is 61.3 Å². The Bertz CT molecular complexity index is 1600. The normalized spacial score (nSPS) is 44.2. The van der Waals surface area contributed by atoms with Crippen molar-refractivity contribution in [2.75, 3.05) is 0 Å². The van der Waals surface area contributed by atoms with Crippen molar-refractivity contribution in [1.82, 2.24) is 0 Å². The van der Waals surface area contributed by atoms with Gasteiger partial charge in [-0.2, -0.15) is 0 Å². The van der Waals surface area contributed by atoms with E-state index in [1.54, 1.807) is 73.8 Å². The maximum absolute atomic E-state index is 12.5. The van der Waals surface area contributed by atoms with Crippen LogP contribution in [0.15, 0.2) is 85.1 Å². The molecule has 2 fully saturated rings. The van der Waals surface area contributed by atoms with Crippen LogP contribution in [-0.2, 0) is 28.5 Å². The third-order valence-corrected chi connectivity index (χ3v) is 11.1. The SMILES string of the molecule is C[C@H]1CC(O)[C@@H](C)/C=C/C=C/C=C/C=C/C=C/C=C/C=C/C(OC2O[C@@H](N)C(O)C(N)C2O)C[C@@H]2OC(O)(CC(O)CCC(O)CCC(O)CC(O)CC(=O)O1)C[C@H](O)C2C(=O)O. The largest absolute Gasteiger partial charge is 0.481 e. The minimum absolute atomic E-state index is 0.0247. The van der Waals surface area contributed by atoms with Crippen LogP contribution in [0.4, 0.5) is 0 Å². The summed E-state index contributed by atoms with van der Waals surface area (Å²) in [6, 6.07) is -1.25. The van der Waals surface area contributed by atoms with Crippen LogP contribution in [0, 0.1) is 11.8 Å². The van der Waals surface area contributed by atoms with Crippen LogP contribution < -0.4 is 11.5 Å². The van der Waals surface area contributed by atoms with E-state index in [0.717, 1.165) is 0 Å². The lowest BCUT2D eigenvalue weighted by molar-refractivity contribution is -0.308. The van der Waals surface area contributed by atoms with Crippen molar-refractivity contribution >= 4 is 11.9 Å². The molecule has 17 atom stereocenters. The quantitative estimate of drug-likeness (QED) is 0.171. The first-order valence-electron chi connectivity index (χ1n) is 21.6. The highest BCUT2D eigenvalue weighted by Crippen LogP contribution is 2.38. The molecule has 3 aliphatic rings. The number of carbonyl (C=O) groups excluding carboxylic acids is 1. The third kappa shape index (κ3) is 19.3. The smallest absolute Gasteiger partial charge is 0.311 e. The molecule has 0 aromatic carbocycles. The van der Waals surface area contributed by atoms with Gasteiger partial charge in [0.15, 0.2) is 12.1 Å². The van der Waals surface area contributed by atoms with Crippen molar-refractivity contribution in [3.63, 3.8) is 0 Å². The van der Waals surface area contributed by atoms with Crippen molar-refractivity contribution in [2.45, 2.75) is 170 Å². The van der Waals surface area contributed by atoms with Crippen LogP contribution in [0.1, 0.15) is 78.1 Å². The Balaban J connectivity index is 1.82. The Morgan fingerprint density at radius 3 is 1.81 bits per heavy atom. The summed E-state index contributed by atoms with van der Waals surface area (Å²) in [6.07, 6.45) is 6.76. The maximum atomic E-state index is 12.5. The molecule has 356 valence electrons. The molecular formula is C45H70N2O16. The predicted molar refractivity (Wildman–Crippen MR) is 230 cm³/mol. The molecule has 0 radical (unpaired) electrons. The molecule has 14 N–H and O–H groups in total. The number of esters is 1. The average molecular weight is 895 g/mol. The number of fused-ring (bicyclic) bond motifs is 2. The monoisotopic (exact) mass is 894 g/mol. The van der Waals surface area contributed by atoms with E-state index in [1.165, 1.54) is 6.08 Å². The lowest BCUT2D eigenvalue weighted by atomic mass is 9.83. The number of hydrogen-bond donors (Lipinski definition) is 12. The van der Waals surface area contributed by atoms with Crippen molar-refractivity contribution in [3.8, 4) is 0 Å². The van der Waals surface area contributed by atoms with Gasteiger partial charge in [0.2, 0.25) is 0 Å². The van der Waals surface area contributed by atoms with E-state index in [1.807, 2.05) is 19.1 Å². The summed E-state index contributed by atoms with van der Waals surface area (Å²) in [5, 5.41) is 107. The van der Waals surface area contributed by atoms with Gasteiger partial charge in [0, 0.05) is 31.6 Å². The summed E-state index contributed by atoms with van der Waals surface area (Å²) in [6.45, 7) is 3.47. The molecule has 3 heterocycles. The fraction of sp³-hybridized carbons (Fsp3) is 0.644. The molecule has 18 nitrogen and oxygen atoms in total. The van der Waals surface area contributed by atoms with E-state index in [-0.39, 0.29) is 57.3 Å². The van der Waals surface area contributed by atoms with Gasteiger partial charge in [-0.3, -0.25) is 9.59 Å². The van der Waals surface area contributed by atoms with E-state index in [4.69, 9.17) is 30.4 Å². The summed E-state index contributed by atoms with van der Waals surface area (Å²) >= 11 is 0. The van der Waals surface area contributed by atoms with Crippen LogP contribution in [0.2, 0.25) is 0 Å². The van der Waals surface area contributed by atoms with E-state index in [9.17, 15) is 60.7 Å². The Labute approximate surface area is 368 Å². The van der Waals surface area contributed by atoms with Crippen molar-refractivity contribution in [1.29, 1.82) is 0 Å². The van der Waals surface area contributed by atoms with Gasteiger partial charge >= 0.3 is 11.9 Å². The number of hydrogen-bond acceptors (Lipinski definition) is 17. The second kappa shape index (κ2) is 27.1. The number of allylic oxidation sites excluding steroid dienone is 12. The average Bonchev–Trinajstić information content (AvgIpc) is 3.19. The minimum atomic E-state index is -2.22. The number of carboxylic acid groups (broad SMARTS) is 1. The van der Waals surface area contributed by atoms with Gasteiger partial charge in [0.25, 0.3) is 0 Å². The minimum Gasteiger partial charge on any atom is -0.481 e. The molecule has 0 saturated carbocycles. The standard InChI is InChI=1S/C45H70N2O16/c1-27-15-13-11-9-7-5-3-4-6-8-10-12-14-16-33(61-44-41(56)39(46)40(55)42(47)62-44)24-36-38(43(57)58)35(53)26-45(59,63-36)25-31(50)20-18-29(48)17-19-30(49)22-32(51)23-37(54)60-28(2)21-34(27)52/h3-16,27-36,38-42,44,48-53,55-56,59H,17-26,46-47H2,1-2H3,(H,57,58)/b4-3+,7-5+,8-6+,11-9+,12-10+,15-13+,16-14+/t27-,28-,29?,30?,31?,32?,33?,34?,35-,36-,38?,39?,40?,41?,42+,44?,45?/m0/s1. The van der Waals surface area contributed by atoms with Crippen LogP contribution in [-0.4, -0.2) is 154 Å². The summed E-state index contributed by atoms with van der Waals surface area (Å²) in [5.41, 5.74) is 11.8. The topological polar surface area (TPSA) is 325 Å². The highest BCUT2D eigenvalue weighted by Gasteiger charge is 2.50. The highest BCUT2D eigenvalue weighted by molar-refractivity contribution is 5.71. The van der Waals surface area contributed by atoms with Crippen LogP contribution in [0.25, 0.3) is 0 Å². The van der Waals surface area contributed by atoms with Gasteiger partial charge < -0.3 is 81.5 Å². The number of aliphatic hydroxyl groups is 9. The molecule has 3 aliphatic heterocycles. The van der Waals surface area contributed by atoms with Crippen LogP contribution >= 0.6 is 0 Å². The lowest BCUT2D eigenvalue weighted by Crippen LogP contribution is -2.64. The van der Waals surface area contributed by atoms with E-state index >= 15 is 0 Å². The zero-order valence-corrected chi connectivity index (χ0v) is 36.0. The van der Waals surface area contributed by atoms with Gasteiger partial charge in [-0.1, -0.05) is 92.0 Å². The molecule has 0 aromatic heterocycles. The molecule has 63 heavy (non-hydrogen) atoms. The van der Waals surface area contributed by atoms with Crippen LogP contribution in [0.5, 0.6) is 0 Å². The van der Waals surface area contributed by atoms with E-state index in [0.29, 0.717) is 0 Å². The number of nitrogens with two attached hydrogens (primary N) is 2. The van der Waals surface area contributed by atoms with Gasteiger partial charge in [0.1, 0.15) is 30.5 Å². The number of cyclic esters (lactones) is 1. The summed E-state index contributed by atoms with van der Waals surface area (Å²) in [5.74, 6) is -6.14. The number of carbonyl (C=O) groups is 2. The molecule has 0 spiro atoms. The zero-order chi connectivity index (χ0) is 46.7. The Morgan fingerprint density at radius 1 is 0.683 bits per heavy atom. The summed E-state index contributed by atoms with van der Waals surface area (Å²) in [4.78, 5) is 24.9. The molecule has 18 heteroatoms. The van der Waals surface area contributed by atoms with Crippen molar-refractivity contribution in [2.24, 2.45) is 23.3 Å².